The van der Waals surface area contributed by atoms with Gasteiger partial charge in [-0.1, -0.05) is 36.4 Å². The summed E-state index contributed by atoms with van der Waals surface area (Å²) < 4.78 is 57.0. The largest absolute Gasteiger partial charge is 0.350 e. The maximum absolute atomic E-state index is 15.0. The molecule has 1 aliphatic rings. The summed E-state index contributed by atoms with van der Waals surface area (Å²) in [7, 11) is -3.93. The van der Waals surface area contributed by atoms with Crippen LogP contribution in [0.1, 0.15) is 18.4 Å². The standard InChI is InChI=1S/C26H25F2N5O2S/c27-24-21(9-11-23(25(24)28)33-36(34,35)16-17-5-2-1-3-6-17)18-8-10-22-19(13-18)14-30-26(32-22)31-20-7-4-12-29-15-20/h1-3,5-6,8-11,13-14,20,29,33H,4,7,12,15-16H2,(H,30,31,32)/t20-/m0/s1. The number of nitrogens with one attached hydrogen (secondary N) is 3. The van der Waals surface area contributed by atoms with E-state index < -0.39 is 27.3 Å². The third-order valence-electron chi connectivity index (χ3n) is 6.07. The number of hydrogen-bond donors (Lipinski definition) is 3. The fourth-order valence-electron chi connectivity index (χ4n) is 4.28. The zero-order valence-electron chi connectivity index (χ0n) is 19.3. The maximum Gasteiger partial charge on any atom is 0.237 e. The highest BCUT2D eigenvalue weighted by atomic mass is 32.2. The van der Waals surface area contributed by atoms with Crippen LogP contribution in [0.2, 0.25) is 0 Å². The zero-order chi connectivity index (χ0) is 25.1. The van der Waals surface area contributed by atoms with Gasteiger partial charge in [0.05, 0.1) is 17.0 Å². The van der Waals surface area contributed by atoms with Crippen molar-refractivity contribution in [2.45, 2.75) is 24.6 Å². The van der Waals surface area contributed by atoms with Crippen LogP contribution in [-0.4, -0.2) is 37.5 Å². The van der Waals surface area contributed by atoms with Gasteiger partial charge in [0.1, 0.15) is 0 Å². The average Bonchev–Trinajstić information content (AvgIpc) is 2.87. The van der Waals surface area contributed by atoms with Crippen molar-refractivity contribution in [3.8, 4) is 11.1 Å². The van der Waals surface area contributed by atoms with Crippen LogP contribution in [0.3, 0.4) is 0 Å². The van der Waals surface area contributed by atoms with Gasteiger partial charge in [0.2, 0.25) is 16.0 Å². The fraction of sp³-hybridized carbons (Fsp3) is 0.231. The van der Waals surface area contributed by atoms with Crippen molar-refractivity contribution < 1.29 is 17.2 Å². The number of benzene rings is 3. The summed E-state index contributed by atoms with van der Waals surface area (Å²) in [5.74, 6) is -2.23. The zero-order valence-corrected chi connectivity index (χ0v) is 20.2. The van der Waals surface area contributed by atoms with Crippen LogP contribution >= 0.6 is 0 Å². The van der Waals surface area contributed by atoms with Crippen molar-refractivity contribution in [3.05, 3.63) is 84.1 Å². The molecule has 7 nitrogen and oxygen atoms in total. The van der Waals surface area contributed by atoms with Gasteiger partial charge in [-0.25, -0.2) is 27.2 Å². The summed E-state index contributed by atoms with van der Waals surface area (Å²) >= 11 is 0. The Labute approximate surface area is 208 Å². The lowest BCUT2D eigenvalue weighted by atomic mass is 10.0. The van der Waals surface area contributed by atoms with Gasteiger partial charge in [-0.3, -0.25) is 4.72 Å². The minimum absolute atomic E-state index is 0.0101. The van der Waals surface area contributed by atoms with E-state index in [9.17, 15) is 12.8 Å². The van der Waals surface area contributed by atoms with Crippen molar-refractivity contribution in [2.75, 3.05) is 23.1 Å². The Morgan fingerprint density at radius 1 is 1.03 bits per heavy atom. The van der Waals surface area contributed by atoms with Gasteiger partial charge in [0.25, 0.3) is 0 Å². The van der Waals surface area contributed by atoms with Crippen LogP contribution in [0.15, 0.2) is 66.9 Å². The van der Waals surface area contributed by atoms with E-state index in [4.69, 9.17) is 0 Å². The molecule has 1 aliphatic heterocycles. The molecule has 0 saturated carbocycles. The summed E-state index contributed by atoms with van der Waals surface area (Å²) in [6.07, 6.45) is 3.77. The van der Waals surface area contributed by atoms with E-state index in [0.717, 1.165) is 25.9 Å². The topological polar surface area (TPSA) is 96.0 Å². The molecule has 0 aliphatic carbocycles. The SMILES string of the molecule is O=S(=O)(Cc1ccccc1)Nc1ccc(-c2ccc3nc(N[C@H]4CCCNC4)ncc3c2)c(F)c1F. The Morgan fingerprint density at radius 3 is 2.64 bits per heavy atom. The Bertz CT molecular complexity index is 1490. The van der Waals surface area contributed by atoms with Crippen LogP contribution in [0.25, 0.3) is 22.0 Å². The fourth-order valence-corrected chi connectivity index (χ4v) is 5.47. The van der Waals surface area contributed by atoms with Gasteiger partial charge in [-0.2, -0.15) is 0 Å². The highest BCUT2D eigenvalue weighted by molar-refractivity contribution is 7.91. The number of sulfonamides is 1. The molecule has 1 saturated heterocycles. The van der Waals surface area contributed by atoms with Crippen molar-refractivity contribution in [1.29, 1.82) is 0 Å². The predicted molar refractivity (Wildman–Crippen MR) is 137 cm³/mol. The van der Waals surface area contributed by atoms with Crippen molar-refractivity contribution in [2.24, 2.45) is 0 Å². The Hall–Kier alpha value is -3.63. The molecule has 0 unspecified atom stereocenters. The molecule has 0 amide bonds. The summed E-state index contributed by atoms with van der Waals surface area (Å²) in [5, 5.41) is 7.33. The molecule has 0 spiro atoms. The molecule has 0 bridgehead atoms. The highest BCUT2D eigenvalue weighted by Gasteiger charge is 2.20. The number of halogens is 2. The number of anilines is 2. The molecular weight excluding hydrogens is 484 g/mol. The van der Waals surface area contributed by atoms with Crippen LogP contribution in [0.4, 0.5) is 20.4 Å². The molecular formula is C26H25F2N5O2S. The Morgan fingerprint density at radius 2 is 1.86 bits per heavy atom. The van der Waals surface area contributed by atoms with E-state index in [-0.39, 0.29) is 17.4 Å². The van der Waals surface area contributed by atoms with E-state index in [1.807, 2.05) is 0 Å². The molecule has 1 aromatic heterocycles. The Kier molecular flexibility index (Phi) is 6.80. The highest BCUT2D eigenvalue weighted by Crippen LogP contribution is 2.31. The van der Waals surface area contributed by atoms with Crippen molar-refractivity contribution in [1.82, 2.24) is 15.3 Å². The molecule has 2 heterocycles. The van der Waals surface area contributed by atoms with E-state index in [1.54, 1.807) is 54.7 Å². The van der Waals surface area contributed by atoms with Gasteiger partial charge in [-0.05, 0) is 54.8 Å². The summed E-state index contributed by atoms with van der Waals surface area (Å²) in [5.41, 5.74) is 1.21. The predicted octanol–water partition coefficient (Wildman–Crippen LogP) is 4.68. The van der Waals surface area contributed by atoms with Gasteiger partial charge < -0.3 is 10.6 Å². The minimum atomic E-state index is -3.93. The number of rotatable bonds is 7. The van der Waals surface area contributed by atoms with Crippen molar-refractivity contribution in [3.63, 3.8) is 0 Å². The molecule has 36 heavy (non-hydrogen) atoms. The van der Waals surface area contributed by atoms with Crippen LogP contribution in [-0.2, 0) is 15.8 Å². The van der Waals surface area contributed by atoms with E-state index in [0.29, 0.717) is 28.0 Å². The number of hydrogen-bond acceptors (Lipinski definition) is 6. The summed E-state index contributed by atoms with van der Waals surface area (Å²) in [6, 6.07) is 16.4. The summed E-state index contributed by atoms with van der Waals surface area (Å²) in [4.78, 5) is 8.91. The number of nitrogens with zero attached hydrogens (tertiary/aromatic N) is 2. The lowest BCUT2D eigenvalue weighted by Gasteiger charge is -2.23. The second-order valence-corrected chi connectivity index (χ2v) is 10.5. The maximum atomic E-state index is 15.0. The lowest BCUT2D eigenvalue weighted by molar-refractivity contribution is 0.478. The van der Waals surface area contributed by atoms with Gasteiger partial charge >= 0.3 is 0 Å². The quantitative estimate of drug-likeness (QED) is 0.335. The molecule has 186 valence electrons. The number of piperidine rings is 1. The normalized spacial score (nSPS) is 16.1. The molecule has 5 rings (SSSR count). The van der Waals surface area contributed by atoms with Crippen LogP contribution in [0.5, 0.6) is 0 Å². The van der Waals surface area contributed by atoms with E-state index in [1.165, 1.54) is 12.1 Å². The molecule has 0 radical (unpaired) electrons. The second-order valence-electron chi connectivity index (χ2n) is 8.79. The summed E-state index contributed by atoms with van der Waals surface area (Å²) in [6.45, 7) is 1.86. The first-order valence-corrected chi connectivity index (χ1v) is 13.3. The second kappa shape index (κ2) is 10.2. The lowest BCUT2D eigenvalue weighted by Crippen LogP contribution is -2.38. The van der Waals surface area contributed by atoms with E-state index in [2.05, 4.69) is 25.3 Å². The third kappa shape index (κ3) is 5.44. The molecule has 4 aromatic rings. The molecule has 3 aromatic carbocycles. The van der Waals surface area contributed by atoms with Crippen LogP contribution < -0.4 is 15.4 Å². The molecule has 1 atom stereocenters. The van der Waals surface area contributed by atoms with Crippen molar-refractivity contribution >= 4 is 32.6 Å². The smallest absolute Gasteiger partial charge is 0.237 e. The number of aromatic nitrogens is 2. The molecule has 10 heteroatoms. The molecule has 3 N–H and O–H groups in total. The first kappa shape index (κ1) is 24.1. The van der Waals surface area contributed by atoms with Gasteiger partial charge in [0.15, 0.2) is 11.6 Å². The van der Waals surface area contributed by atoms with Crippen LogP contribution in [0, 0.1) is 11.6 Å². The third-order valence-corrected chi connectivity index (χ3v) is 7.31. The minimum Gasteiger partial charge on any atom is -0.350 e. The Balaban J connectivity index is 1.36. The monoisotopic (exact) mass is 509 g/mol. The first-order valence-electron chi connectivity index (χ1n) is 11.6. The van der Waals surface area contributed by atoms with Gasteiger partial charge in [-0.15, -0.1) is 0 Å². The number of fused-ring (bicyclic) bond motifs is 1. The average molecular weight is 510 g/mol. The molecule has 1 fully saturated rings. The van der Waals surface area contributed by atoms with E-state index >= 15 is 4.39 Å². The van der Waals surface area contributed by atoms with Gasteiger partial charge in [0, 0.05) is 29.7 Å². The first-order chi connectivity index (χ1) is 17.4.